The molecule has 1 radical (unpaired) electrons. The van der Waals surface area contributed by atoms with Gasteiger partial charge in [0.15, 0.2) is 0 Å². The van der Waals surface area contributed by atoms with E-state index in [0.29, 0.717) is 12.1 Å². The summed E-state index contributed by atoms with van der Waals surface area (Å²) in [6, 6.07) is 0.369. The molecule has 0 fully saturated rings. The van der Waals surface area contributed by atoms with Gasteiger partial charge in [-0.05, 0) is 51.5 Å². The molecular formula is C16H18F6NO2. The molecule has 1 atom stereocenters. The van der Waals surface area contributed by atoms with E-state index in [1.165, 1.54) is 6.92 Å². The zero-order chi connectivity index (χ0) is 19.6. The SMILES string of the molecule is C[C@@H]([CH]c1cc(C(F)(F)F)cc(C(F)(F)F)c1)NC(=O)OC(C)(C)C. The maximum absolute atomic E-state index is 12.8. The van der Waals surface area contributed by atoms with E-state index in [9.17, 15) is 31.1 Å². The number of carbonyl (C=O) groups is 1. The van der Waals surface area contributed by atoms with Crippen LogP contribution in [0.2, 0.25) is 0 Å². The smallest absolute Gasteiger partial charge is 0.416 e. The first-order valence-electron chi connectivity index (χ1n) is 7.22. The van der Waals surface area contributed by atoms with E-state index >= 15 is 0 Å². The third kappa shape index (κ3) is 7.23. The molecule has 0 aliphatic rings. The van der Waals surface area contributed by atoms with Crippen molar-refractivity contribution >= 4 is 6.09 Å². The van der Waals surface area contributed by atoms with Gasteiger partial charge in [-0.1, -0.05) is 0 Å². The molecule has 0 saturated carbocycles. The average Bonchev–Trinajstić information content (AvgIpc) is 2.33. The second-order valence-electron chi connectivity index (χ2n) is 6.44. The number of halogens is 6. The second-order valence-corrected chi connectivity index (χ2v) is 6.44. The largest absolute Gasteiger partial charge is 0.444 e. The number of alkyl halides is 6. The summed E-state index contributed by atoms with van der Waals surface area (Å²) in [5, 5.41) is 2.32. The Bertz CT molecular complexity index is 584. The summed E-state index contributed by atoms with van der Waals surface area (Å²) < 4.78 is 81.8. The molecule has 0 unspecified atom stereocenters. The molecule has 9 heteroatoms. The van der Waals surface area contributed by atoms with Gasteiger partial charge in [-0.15, -0.1) is 0 Å². The molecule has 0 spiro atoms. The van der Waals surface area contributed by atoms with E-state index in [-0.39, 0.29) is 11.6 Å². The number of alkyl carbamates (subject to hydrolysis) is 1. The Hall–Kier alpha value is -1.93. The van der Waals surface area contributed by atoms with Gasteiger partial charge >= 0.3 is 18.4 Å². The number of amides is 1. The molecule has 141 valence electrons. The van der Waals surface area contributed by atoms with Crippen molar-refractivity contribution in [3.8, 4) is 0 Å². The minimum atomic E-state index is -4.92. The second kappa shape index (κ2) is 7.13. The predicted molar refractivity (Wildman–Crippen MR) is 78.7 cm³/mol. The third-order valence-corrected chi connectivity index (χ3v) is 2.80. The van der Waals surface area contributed by atoms with Crippen molar-refractivity contribution in [2.75, 3.05) is 0 Å². The normalized spacial score (nSPS) is 14.2. The third-order valence-electron chi connectivity index (χ3n) is 2.80. The summed E-state index contributed by atoms with van der Waals surface area (Å²) in [6.07, 6.45) is -9.61. The van der Waals surface area contributed by atoms with Crippen molar-refractivity contribution in [3.63, 3.8) is 0 Å². The molecule has 3 nitrogen and oxygen atoms in total. The van der Waals surface area contributed by atoms with Gasteiger partial charge in [-0.2, -0.15) is 26.3 Å². The summed E-state index contributed by atoms with van der Waals surface area (Å²) in [7, 11) is 0. The molecule has 1 rings (SSSR count). The predicted octanol–water partition coefficient (Wildman–Crippen LogP) is 5.19. The van der Waals surface area contributed by atoms with Gasteiger partial charge in [-0.3, -0.25) is 0 Å². The molecule has 0 aliphatic heterocycles. The first-order chi connectivity index (χ1) is 11.1. The van der Waals surface area contributed by atoms with Crippen LogP contribution in [0.15, 0.2) is 18.2 Å². The van der Waals surface area contributed by atoms with Crippen LogP contribution in [0.3, 0.4) is 0 Å². The van der Waals surface area contributed by atoms with E-state index in [1.807, 2.05) is 0 Å². The quantitative estimate of drug-likeness (QED) is 0.744. The Morgan fingerprint density at radius 1 is 1.00 bits per heavy atom. The van der Waals surface area contributed by atoms with E-state index in [4.69, 9.17) is 4.74 Å². The van der Waals surface area contributed by atoms with Crippen molar-refractivity contribution in [3.05, 3.63) is 41.3 Å². The molecule has 0 aliphatic carbocycles. The van der Waals surface area contributed by atoms with Crippen molar-refractivity contribution < 1.29 is 35.9 Å². The van der Waals surface area contributed by atoms with Gasteiger partial charge in [0.2, 0.25) is 0 Å². The Balaban J connectivity index is 2.99. The van der Waals surface area contributed by atoms with Crippen molar-refractivity contribution in [1.29, 1.82) is 0 Å². The standard InChI is InChI=1S/C16H18F6NO2/c1-9(23-13(24)25-14(2,3)4)5-10-6-11(15(17,18)19)8-12(7-10)16(20,21)22/h5-9H,1-4H3,(H,23,24)/t9-/m0/s1. The van der Waals surface area contributed by atoms with Gasteiger partial charge < -0.3 is 10.1 Å². The molecule has 0 aromatic heterocycles. The molecule has 0 bridgehead atoms. The zero-order valence-electron chi connectivity index (χ0n) is 14.0. The molecular weight excluding hydrogens is 352 g/mol. The van der Waals surface area contributed by atoms with Crippen LogP contribution in [0, 0.1) is 6.42 Å². The summed E-state index contributed by atoms with van der Waals surface area (Å²) in [5.41, 5.74) is -3.94. The molecule has 0 saturated heterocycles. The Morgan fingerprint density at radius 2 is 1.44 bits per heavy atom. The maximum atomic E-state index is 12.8. The number of nitrogens with one attached hydrogen (secondary N) is 1. The van der Waals surface area contributed by atoms with Gasteiger partial charge in [0, 0.05) is 12.5 Å². The highest BCUT2D eigenvalue weighted by Gasteiger charge is 2.37. The van der Waals surface area contributed by atoms with Gasteiger partial charge in [0.25, 0.3) is 0 Å². The summed E-state index contributed by atoms with van der Waals surface area (Å²) in [5.74, 6) is 0. The number of benzene rings is 1. The van der Waals surface area contributed by atoms with Crippen LogP contribution in [0.5, 0.6) is 0 Å². The van der Waals surface area contributed by atoms with Crippen molar-refractivity contribution in [1.82, 2.24) is 5.32 Å². The molecule has 1 aromatic carbocycles. The highest BCUT2D eigenvalue weighted by molar-refractivity contribution is 5.68. The topological polar surface area (TPSA) is 38.3 Å². The number of rotatable bonds is 3. The van der Waals surface area contributed by atoms with Crippen molar-refractivity contribution in [2.45, 2.75) is 51.7 Å². The van der Waals surface area contributed by atoms with Gasteiger partial charge in [0.05, 0.1) is 11.1 Å². The fraction of sp³-hybridized carbons (Fsp3) is 0.500. The average molecular weight is 370 g/mol. The maximum Gasteiger partial charge on any atom is 0.416 e. The van der Waals surface area contributed by atoms with Crippen molar-refractivity contribution in [2.24, 2.45) is 0 Å². The highest BCUT2D eigenvalue weighted by Crippen LogP contribution is 2.36. The van der Waals surface area contributed by atoms with Crippen LogP contribution < -0.4 is 5.32 Å². The van der Waals surface area contributed by atoms with Crippen LogP contribution in [-0.2, 0) is 17.1 Å². The molecule has 1 aromatic rings. The highest BCUT2D eigenvalue weighted by atomic mass is 19.4. The fourth-order valence-corrected chi connectivity index (χ4v) is 1.90. The number of hydrogen-bond acceptors (Lipinski definition) is 2. The fourth-order valence-electron chi connectivity index (χ4n) is 1.90. The number of carbonyl (C=O) groups excluding carboxylic acids is 1. The minimum absolute atomic E-state index is 0.0449. The van der Waals surface area contributed by atoms with Crippen LogP contribution >= 0.6 is 0 Å². The van der Waals surface area contributed by atoms with Gasteiger partial charge in [0.1, 0.15) is 5.60 Å². The lowest BCUT2D eigenvalue weighted by atomic mass is 10.00. The van der Waals surface area contributed by atoms with Crippen LogP contribution in [0.4, 0.5) is 31.1 Å². The van der Waals surface area contributed by atoms with Gasteiger partial charge in [-0.25, -0.2) is 4.79 Å². The minimum Gasteiger partial charge on any atom is -0.444 e. The Morgan fingerprint density at radius 3 is 1.80 bits per heavy atom. The van der Waals surface area contributed by atoms with E-state index in [1.54, 1.807) is 20.8 Å². The first-order valence-corrected chi connectivity index (χ1v) is 7.22. The summed E-state index contributed by atoms with van der Waals surface area (Å²) in [6.45, 7) is 6.24. The number of ether oxygens (including phenoxy) is 1. The van der Waals surface area contributed by atoms with Crippen LogP contribution in [-0.4, -0.2) is 17.7 Å². The zero-order valence-corrected chi connectivity index (χ0v) is 14.0. The molecule has 1 N–H and O–H groups in total. The van der Waals surface area contributed by atoms with E-state index in [0.717, 1.165) is 6.42 Å². The van der Waals surface area contributed by atoms with E-state index in [2.05, 4.69) is 5.32 Å². The molecule has 0 heterocycles. The summed E-state index contributed by atoms with van der Waals surface area (Å²) in [4.78, 5) is 11.6. The van der Waals surface area contributed by atoms with Crippen LogP contribution in [0.1, 0.15) is 44.4 Å². The Labute approximate surface area is 141 Å². The lowest BCUT2D eigenvalue weighted by Gasteiger charge is -2.22. The van der Waals surface area contributed by atoms with E-state index < -0.39 is 41.2 Å². The molecule has 25 heavy (non-hydrogen) atoms. The monoisotopic (exact) mass is 370 g/mol. The lowest BCUT2D eigenvalue weighted by Crippen LogP contribution is -2.38. The Kier molecular flexibility index (Phi) is 6.02. The number of hydrogen-bond donors (Lipinski definition) is 1. The first kappa shape index (κ1) is 21.1. The van der Waals surface area contributed by atoms with Crippen LogP contribution in [0.25, 0.3) is 0 Å². The summed E-state index contributed by atoms with van der Waals surface area (Å²) >= 11 is 0. The lowest BCUT2D eigenvalue weighted by molar-refractivity contribution is -0.143. The molecule has 1 amide bonds.